The van der Waals surface area contributed by atoms with E-state index in [9.17, 15) is 4.79 Å². The van der Waals surface area contributed by atoms with Gasteiger partial charge in [-0.1, -0.05) is 18.9 Å². The molecule has 148 valence electrons. The lowest BCUT2D eigenvalue weighted by molar-refractivity contribution is -0.115. The summed E-state index contributed by atoms with van der Waals surface area (Å²) in [6.45, 7) is 5.74. The molecule has 1 aliphatic rings. The smallest absolute Gasteiger partial charge is 0.243 e. The lowest BCUT2D eigenvalue weighted by Crippen LogP contribution is -2.49. The van der Waals surface area contributed by atoms with Crippen molar-refractivity contribution in [2.45, 2.75) is 32.2 Å². The summed E-state index contributed by atoms with van der Waals surface area (Å²) in [7, 11) is 1.72. The van der Waals surface area contributed by atoms with E-state index in [1.807, 2.05) is 18.2 Å². The molecule has 0 aliphatic carbocycles. The Kier molecular flexibility index (Phi) is 10.8. The van der Waals surface area contributed by atoms with Crippen molar-refractivity contribution in [1.82, 2.24) is 15.5 Å². The van der Waals surface area contributed by atoms with Gasteiger partial charge in [0.05, 0.1) is 6.54 Å². The molecule has 3 N–H and O–H groups in total. The quantitative estimate of drug-likeness (QED) is 0.252. The number of hydrogen-bond donors (Lipinski definition) is 3. The van der Waals surface area contributed by atoms with Crippen molar-refractivity contribution in [3.63, 3.8) is 0 Å². The number of likely N-dealkylation sites (tertiary alicyclic amines) is 1. The first-order valence-electron chi connectivity index (χ1n) is 9.20. The maximum atomic E-state index is 12.1. The molecule has 1 aromatic carbocycles. The van der Waals surface area contributed by atoms with E-state index in [-0.39, 0.29) is 36.4 Å². The minimum Gasteiger partial charge on any atom is -0.354 e. The molecule has 0 aromatic heterocycles. The first-order chi connectivity index (χ1) is 12.6. The Morgan fingerprint density at radius 1 is 1.37 bits per heavy atom. The molecule has 2 rings (SSSR count). The summed E-state index contributed by atoms with van der Waals surface area (Å²) in [5, 5.41) is 9.32. The van der Waals surface area contributed by atoms with Crippen LogP contribution in [0.3, 0.4) is 0 Å². The third kappa shape index (κ3) is 8.18. The van der Waals surface area contributed by atoms with Crippen molar-refractivity contribution in [3.05, 3.63) is 29.8 Å². The second-order valence-corrected chi connectivity index (χ2v) is 6.46. The van der Waals surface area contributed by atoms with Crippen molar-refractivity contribution < 1.29 is 4.79 Å². The molecule has 1 saturated heterocycles. The molecule has 27 heavy (non-hydrogen) atoms. The molecule has 1 amide bonds. The van der Waals surface area contributed by atoms with Crippen LogP contribution in [0.15, 0.2) is 29.3 Å². The number of amides is 1. The zero-order chi connectivity index (χ0) is 18.8. The molecule has 7 heteroatoms. The lowest BCUT2D eigenvalue weighted by Gasteiger charge is -2.32. The first-order valence-corrected chi connectivity index (χ1v) is 9.20. The molecule has 1 heterocycles. The second-order valence-electron chi connectivity index (χ2n) is 6.46. The Morgan fingerprint density at radius 3 is 2.74 bits per heavy atom. The van der Waals surface area contributed by atoms with E-state index in [0.717, 1.165) is 31.5 Å². The monoisotopic (exact) mass is 483 g/mol. The van der Waals surface area contributed by atoms with Crippen LogP contribution in [0.5, 0.6) is 0 Å². The van der Waals surface area contributed by atoms with Crippen LogP contribution in [-0.2, 0) is 4.79 Å². The van der Waals surface area contributed by atoms with Crippen LogP contribution in [-0.4, -0.2) is 56.0 Å². The lowest BCUT2D eigenvalue weighted by atomic mass is 10.1. The molecule has 0 saturated carbocycles. The van der Waals surface area contributed by atoms with Gasteiger partial charge in [0.2, 0.25) is 5.91 Å². The fourth-order valence-corrected chi connectivity index (χ4v) is 3.06. The molecule has 0 atom stereocenters. The fraction of sp³-hybridized carbons (Fsp3) is 0.500. The van der Waals surface area contributed by atoms with Crippen LogP contribution in [0.25, 0.3) is 0 Å². The highest BCUT2D eigenvalue weighted by molar-refractivity contribution is 14.0. The molecule has 0 bridgehead atoms. The average molecular weight is 483 g/mol. The van der Waals surface area contributed by atoms with Gasteiger partial charge in [-0.15, -0.1) is 30.4 Å². The summed E-state index contributed by atoms with van der Waals surface area (Å²) in [5.74, 6) is 3.08. The number of rotatable bonds is 6. The predicted octanol–water partition coefficient (Wildman–Crippen LogP) is 2.26. The molecular weight excluding hydrogens is 453 g/mol. The van der Waals surface area contributed by atoms with Crippen molar-refractivity contribution in [3.8, 4) is 12.3 Å². The number of nitrogens with zero attached hydrogens (tertiary/aromatic N) is 2. The molecular formula is C20H30IN5O. The normalized spacial score (nSPS) is 15.4. The number of aliphatic imine (C=N–C) groups is 1. The van der Waals surface area contributed by atoms with Gasteiger partial charge in [-0.05, 0) is 44.0 Å². The van der Waals surface area contributed by atoms with Gasteiger partial charge in [0.15, 0.2) is 5.96 Å². The van der Waals surface area contributed by atoms with Crippen molar-refractivity contribution in [2.24, 2.45) is 4.99 Å². The standard InChI is InChI=1S/C20H29N5O.HI/c1-4-11-25-12-9-17(10-13-25)24-20(21-3)22-15-19(26)23-18-8-6-7-16(5-2)14-18;/h2,6-8,14,17H,4,9-13,15H2,1,3H3,(H,23,26)(H2,21,22,24);1H. The molecule has 0 unspecified atom stereocenters. The van der Waals surface area contributed by atoms with Gasteiger partial charge in [-0.2, -0.15) is 0 Å². The van der Waals surface area contributed by atoms with Gasteiger partial charge < -0.3 is 20.9 Å². The Morgan fingerprint density at radius 2 is 2.11 bits per heavy atom. The average Bonchev–Trinajstić information content (AvgIpc) is 2.66. The number of nitrogens with one attached hydrogen (secondary N) is 3. The Balaban J connectivity index is 0.00000364. The zero-order valence-corrected chi connectivity index (χ0v) is 18.5. The first kappa shape index (κ1) is 23.2. The van der Waals surface area contributed by atoms with Crippen molar-refractivity contribution >= 4 is 41.5 Å². The third-order valence-corrected chi connectivity index (χ3v) is 4.42. The second kappa shape index (κ2) is 12.6. The van der Waals surface area contributed by atoms with Crippen molar-refractivity contribution in [1.29, 1.82) is 0 Å². The summed E-state index contributed by atoms with van der Waals surface area (Å²) in [6.07, 6.45) is 8.75. The van der Waals surface area contributed by atoms with Gasteiger partial charge in [0.25, 0.3) is 0 Å². The SMILES string of the molecule is C#Cc1cccc(NC(=O)CNC(=NC)NC2CCN(CCC)CC2)c1.I. The Labute approximate surface area is 179 Å². The van der Waals surface area contributed by atoms with Crippen LogP contribution in [0, 0.1) is 12.3 Å². The summed E-state index contributed by atoms with van der Waals surface area (Å²) in [6, 6.07) is 7.63. The molecule has 0 spiro atoms. The predicted molar refractivity (Wildman–Crippen MR) is 123 cm³/mol. The number of halogens is 1. The highest BCUT2D eigenvalue weighted by Gasteiger charge is 2.19. The van der Waals surface area contributed by atoms with E-state index in [2.05, 4.69) is 38.7 Å². The van der Waals surface area contributed by atoms with E-state index in [1.165, 1.54) is 13.0 Å². The van der Waals surface area contributed by atoms with Gasteiger partial charge >= 0.3 is 0 Å². The molecule has 1 aromatic rings. The topological polar surface area (TPSA) is 68.8 Å². The van der Waals surface area contributed by atoms with Crippen LogP contribution in [0.2, 0.25) is 0 Å². The Hall–Kier alpha value is -1.79. The maximum absolute atomic E-state index is 12.1. The van der Waals surface area contributed by atoms with E-state index in [0.29, 0.717) is 17.7 Å². The number of anilines is 1. The van der Waals surface area contributed by atoms with E-state index >= 15 is 0 Å². The zero-order valence-electron chi connectivity index (χ0n) is 16.1. The largest absolute Gasteiger partial charge is 0.354 e. The number of benzene rings is 1. The number of carbonyl (C=O) groups is 1. The van der Waals surface area contributed by atoms with Gasteiger partial charge in [-0.25, -0.2) is 0 Å². The van der Waals surface area contributed by atoms with Crippen LogP contribution < -0.4 is 16.0 Å². The van der Waals surface area contributed by atoms with E-state index in [4.69, 9.17) is 6.42 Å². The third-order valence-electron chi connectivity index (χ3n) is 4.42. The van der Waals surface area contributed by atoms with Gasteiger partial charge in [-0.3, -0.25) is 9.79 Å². The van der Waals surface area contributed by atoms with Gasteiger partial charge in [0, 0.05) is 37.4 Å². The number of carbonyl (C=O) groups excluding carboxylic acids is 1. The maximum Gasteiger partial charge on any atom is 0.243 e. The Bertz CT molecular complexity index is 663. The van der Waals surface area contributed by atoms with Gasteiger partial charge in [0.1, 0.15) is 0 Å². The van der Waals surface area contributed by atoms with E-state index in [1.54, 1.807) is 13.1 Å². The highest BCUT2D eigenvalue weighted by Crippen LogP contribution is 2.11. The minimum atomic E-state index is -0.139. The molecule has 1 aliphatic heterocycles. The summed E-state index contributed by atoms with van der Waals surface area (Å²) >= 11 is 0. The van der Waals surface area contributed by atoms with Crippen LogP contribution >= 0.6 is 24.0 Å². The number of piperidine rings is 1. The number of terminal acetylenes is 1. The number of hydrogen-bond acceptors (Lipinski definition) is 3. The molecule has 0 radical (unpaired) electrons. The van der Waals surface area contributed by atoms with Crippen LogP contribution in [0.4, 0.5) is 5.69 Å². The summed E-state index contributed by atoms with van der Waals surface area (Å²) < 4.78 is 0. The highest BCUT2D eigenvalue weighted by atomic mass is 127. The summed E-state index contributed by atoms with van der Waals surface area (Å²) in [5.41, 5.74) is 1.43. The molecule has 6 nitrogen and oxygen atoms in total. The fourth-order valence-electron chi connectivity index (χ4n) is 3.06. The minimum absolute atomic E-state index is 0. The van der Waals surface area contributed by atoms with Crippen molar-refractivity contribution in [2.75, 3.05) is 38.5 Å². The summed E-state index contributed by atoms with van der Waals surface area (Å²) in [4.78, 5) is 18.8. The van der Waals surface area contributed by atoms with E-state index < -0.39 is 0 Å². The van der Waals surface area contributed by atoms with Crippen LogP contribution in [0.1, 0.15) is 31.7 Å². The molecule has 1 fully saturated rings. The number of guanidine groups is 1.